The summed E-state index contributed by atoms with van der Waals surface area (Å²) < 4.78 is 0.451. The molecule has 1 amide bonds. The molecule has 2 N–H and O–H groups in total. The van der Waals surface area contributed by atoms with E-state index < -0.39 is 10.8 Å². The number of hydrogen-bond donors (Lipinski definition) is 2. The van der Waals surface area contributed by atoms with Gasteiger partial charge in [0.05, 0.1) is 17.1 Å². The highest BCUT2D eigenvalue weighted by Gasteiger charge is 2.16. The smallest absolute Gasteiger partial charge is 0.270 e. The maximum atomic E-state index is 12.2. The van der Waals surface area contributed by atoms with Gasteiger partial charge >= 0.3 is 0 Å². The van der Waals surface area contributed by atoms with Crippen molar-refractivity contribution < 1.29 is 14.8 Å². The van der Waals surface area contributed by atoms with Gasteiger partial charge in [0.15, 0.2) is 0 Å². The Morgan fingerprint density at radius 1 is 1.29 bits per heavy atom. The fourth-order valence-corrected chi connectivity index (χ4v) is 2.20. The van der Waals surface area contributed by atoms with Crippen molar-refractivity contribution in [2.24, 2.45) is 0 Å². The zero-order valence-corrected chi connectivity index (χ0v) is 12.3. The number of aliphatic hydroxyl groups is 1. The van der Waals surface area contributed by atoms with Crippen LogP contribution in [-0.2, 0) is 6.61 Å². The van der Waals surface area contributed by atoms with Crippen LogP contribution in [0.4, 0.5) is 11.4 Å². The van der Waals surface area contributed by atoms with Crippen LogP contribution in [0.2, 0.25) is 0 Å². The second-order valence-corrected chi connectivity index (χ2v) is 5.04. The molecule has 2 aromatic carbocycles. The van der Waals surface area contributed by atoms with E-state index in [0.717, 1.165) is 0 Å². The van der Waals surface area contributed by atoms with E-state index in [4.69, 9.17) is 0 Å². The summed E-state index contributed by atoms with van der Waals surface area (Å²) in [5.41, 5.74) is 1.01. The predicted molar refractivity (Wildman–Crippen MR) is 81.1 cm³/mol. The van der Waals surface area contributed by atoms with Gasteiger partial charge in [-0.3, -0.25) is 14.9 Å². The van der Waals surface area contributed by atoms with Gasteiger partial charge in [-0.2, -0.15) is 0 Å². The molecule has 7 heteroatoms. The summed E-state index contributed by atoms with van der Waals surface area (Å²) in [5, 5.41) is 22.6. The van der Waals surface area contributed by atoms with Crippen LogP contribution >= 0.6 is 15.9 Å². The average molecular weight is 351 g/mol. The topological polar surface area (TPSA) is 92.5 Å². The van der Waals surface area contributed by atoms with Crippen molar-refractivity contribution in [1.82, 2.24) is 0 Å². The number of carbonyl (C=O) groups excluding carboxylic acids is 1. The van der Waals surface area contributed by atoms with E-state index in [1.165, 1.54) is 18.2 Å². The standard InChI is InChI=1S/C14H11BrN2O4/c15-12-6-5-10(17(20)21)7-11(12)14(19)16-13-4-2-1-3-9(13)8-18/h1-7,18H,8H2,(H,16,19). The van der Waals surface area contributed by atoms with Gasteiger partial charge in [-0.15, -0.1) is 0 Å². The molecule has 0 unspecified atom stereocenters. The number of hydrogen-bond acceptors (Lipinski definition) is 4. The first-order valence-corrected chi connectivity index (χ1v) is 6.76. The molecule has 0 bridgehead atoms. The molecule has 0 spiro atoms. The summed E-state index contributed by atoms with van der Waals surface area (Å²) in [6, 6.07) is 10.7. The number of anilines is 1. The Kier molecular flexibility index (Phi) is 4.66. The molecule has 108 valence electrons. The number of non-ortho nitro benzene ring substituents is 1. The Hall–Kier alpha value is -2.25. The van der Waals surface area contributed by atoms with Crippen LogP contribution in [-0.4, -0.2) is 15.9 Å². The molecule has 0 atom stereocenters. The molecule has 0 saturated heterocycles. The normalized spacial score (nSPS) is 10.2. The molecule has 0 aromatic heterocycles. The zero-order valence-electron chi connectivity index (χ0n) is 10.7. The summed E-state index contributed by atoms with van der Waals surface area (Å²) in [7, 11) is 0. The second kappa shape index (κ2) is 6.47. The third-order valence-electron chi connectivity index (χ3n) is 2.84. The number of para-hydroxylation sites is 1. The lowest BCUT2D eigenvalue weighted by molar-refractivity contribution is -0.384. The summed E-state index contributed by atoms with van der Waals surface area (Å²) in [6.45, 7) is -0.216. The summed E-state index contributed by atoms with van der Waals surface area (Å²) in [6.07, 6.45) is 0. The van der Waals surface area contributed by atoms with E-state index in [1.54, 1.807) is 24.3 Å². The van der Waals surface area contributed by atoms with Crippen molar-refractivity contribution in [3.05, 3.63) is 68.2 Å². The predicted octanol–water partition coefficient (Wildman–Crippen LogP) is 3.10. The maximum absolute atomic E-state index is 12.2. The van der Waals surface area contributed by atoms with Gasteiger partial charge in [-0.25, -0.2) is 0 Å². The van der Waals surface area contributed by atoms with Gasteiger partial charge in [0.2, 0.25) is 0 Å². The number of aliphatic hydroxyl groups excluding tert-OH is 1. The first-order valence-electron chi connectivity index (χ1n) is 5.97. The number of carbonyl (C=O) groups is 1. The summed E-state index contributed by atoms with van der Waals surface area (Å²) in [4.78, 5) is 22.4. The Labute approximate surface area is 128 Å². The first-order chi connectivity index (χ1) is 10.0. The van der Waals surface area contributed by atoms with Crippen LogP contribution in [0, 0.1) is 10.1 Å². The van der Waals surface area contributed by atoms with E-state index in [-0.39, 0.29) is 17.9 Å². The molecular weight excluding hydrogens is 340 g/mol. The molecule has 0 aliphatic carbocycles. The molecule has 0 radical (unpaired) electrons. The summed E-state index contributed by atoms with van der Waals surface area (Å²) >= 11 is 3.20. The van der Waals surface area contributed by atoms with Crippen molar-refractivity contribution in [3.63, 3.8) is 0 Å². The van der Waals surface area contributed by atoms with Crippen molar-refractivity contribution in [2.45, 2.75) is 6.61 Å². The Morgan fingerprint density at radius 2 is 2.00 bits per heavy atom. The fraction of sp³-hybridized carbons (Fsp3) is 0.0714. The molecule has 6 nitrogen and oxygen atoms in total. The van der Waals surface area contributed by atoms with Crippen molar-refractivity contribution in [2.75, 3.05) is 5.32 Å². The van der Waals surface area contributed by atoms with Crippen LogP contribution in [0.5, 0.6) is 0 Å². The molecule has 0 aliphatic heterocycles. The molecule has 0 aliphatic rings. The monoisotopic (exact) mass is 350 g/mol. The van der Waals surface area contributed by atoms with Gasteiger partial charge < -0.3 is 10.4 Å². The maximum Gasteiger partial charge on any atom is 0.270 e. The lowest BCUT2D eigenvalue weighted by atomic mass is 10.1. The number of halogens is 1. The number of nitro groups is 1. The number of rotatable bonds is 4. The van der Waals surface area contributed by atoms with Gasteiger partial charge in [-0.1, -0.05) is 18.2 Å². The van der Waals surface area contributed by atoms with Gasteiger partial charge in [-0.05, 0) is 28.1 Å². The van der Waals surface area contributed by atoms with Crippen LogP contribution < -0.4 is 5.32 Å². The van der Waals surface area contributed by atoms with Crippen molar-refractivity contribution in [1.29, 1.82) is 0 Å². The van der Waals surface area contributed by atoms with Gasteiger partial charge in [0.25, 0.3) is 11.6 Å². The molecule has 21 heavy (non-hydrogen) atoms. The number of benzene rings is 2. The Morgan fingerprint density at radius 3 is 2.67 bits per heavy atom. The average Bonchev–Trinajstić information content (AvgIpc) is 2.47. The summed E-state index contributed by atoms with van der Waals surface area (Å²) in [5.74, 6) is -0.494. The third-order valence-corrected chi connectivity index (χ3v) is 3.53. The minimum Gasteiger partial charge on any atom is -0.392 e. The van der Waals surface area contributed by atoms with E-state index >= 15 is 0 Å². The highest BCUT2D eigenvalue weighted by Crippen LogP contribution is 2.24. The Bertz CT molecular complexity index is 703. The quantitative estimate of drug-likeness (QED) is 0.654. The molecule has 0 fully saturated rings. The molecule has 2 aromatic rings. The lowest BCUT2D eigenvalue weighted by Gasteiger charge is -2.10. The molecule has 2 rings (SSSR count). The van der Waals surface area contributed by atoms with Gasteiger partial charge in [0.1, 0.15) is 0 Å². The van der Waals surface area contributed by atoms with Crippen LogP contribution in [0.3, 0.4) is 0 Å². The highest BCUT2D eigenvalue weighted by molar-refractivity contribution is 9.10. The van der Waals surface area contributed by atoms with Crippen LogP contribution in [0.15, 0.2) is 46.9 Å². The lowest BCUT2D eigenvalue weighted by Crippen LogP contribution is -2.14. The van der Waals surface area contributed by atoms with Crippen LogP contribution in [0.25, 0.3) is 0 Å². The number of nitrogens with zero attached hydrogens (tertiary/aromatic N) is 1. The Balaban J connectivity index is 2.32. The SMILES string of the molecule is O=C(Nc1ccccc1CO)c1cc([N+](=O)[O-])ccc1Br. The molecular formula is C14H11BrN2O4. The minimum atomic E-state index is -0.565. The number of amides is 1. The second-order valence-electron chi connectivity index (χ2n) is 4.19. The van der Waals surface area contributed by atoms with Crippen LogP contribution in [0.1, 0.15) is 15.9 Å². The fourth-order valence-electron chi connectivity index (χ4n) is 1.77. The van der Waals surface area contributed by atoms with Crippen molar-refractivity contribution >= 4 is 33.2 Å². The number of nitrogens with one attached hydrogen (secondary N) is 1. The van der Waals surface area contributed by atoms with E-state index in [0.29, 0.717) is 15.7 Å². The third kappa shape index (κ3) is 3.45. The zero-order chi connectivity index (χ0) is 15.4. The minimum absolute atomic E-state index is 0.150. The molecule has 0 saturated carbocycles. The largest absolute Gasteiger partial charge is 0.392 e. The number of nitro benzene ring substituents is 1. The van der Waals surface area contributed by atoms with E-state index in [1.807, 2.05) is 0 Å². The first kappa shape index (κ1) is 15.1. The van der Waals surface area contributed by atoms with Crippen molar-refractivity contribution in [3.8, 4) is 0 Å². The van der Waals surface area contributed by atoms with E-state index in [2.05, 4.69) is 21.2 Å². The van der Waals surface area contributed by atoms with E-state index in [9.17, 15) is 20.0 Å². The molecule has 0 heterocycles. The highest BCUT2D eigenvalue weighted by atomic mass is 79.9. The van der Waals surface area contributed by atoms with Gasteiger partial charge in [0, 0.05) is 27.9 Å².